The molecule has 8 nitrogen and oxygen atoms in total. The Morgan fingerprint density at radius 2 is 2.28 bits per heavy atom. The summed E-state index contributed by atoms with van der Waals surface area (Å²) in [5, 5.41) is 17.1. The molecule has 0 aliphatic heterocycles. The highest BCUT2D eigenvalue weighted by Crippen LogP contribution is 2.31. The van der Waals surface area contributed by atoms with E-state index in [4.69, 9.17) is 27.9 Å². The molecule has 0 spiro atoms. The zero-order valence-corrected chi connectivity index (χ0v) is 15.2. The molecule has 0 aliphatic rings. The number of carbonyl (C=O) groups excluding carboxylic acids is 1. The van der Waals surface area contributed by atoms with Crippen molar-refractivity contribution < 1.29 is 14.5 Å². The summed E-state index contributed by atoms with van der Waals surface area (Å²) in [6.45, 7) is 2.04. The highest BCUT2D eigenvalue weighted by atomic mass is 35.5. The molecular formula is C14H12Cl2N4O4S. The van der Waals surface area contributed by atoms with Gasteiger partial charge in [0.05, 0.1) is 34.9 Å². The Balaban J connectivity index is 2.07. The van der Waals surface area contributed by atoms with E-state index in [9.17, 15) is 14.9 Å². The molecule has 0 atom stereocenters. The Morgan fingerprint density at radius 3 is 2.96 bits per heavy atom. The summed E-state index contributed by atoms with van der Waals surface area (Å²) < 4.78 is 4.84. The number of anilines is 1. The standard InChI is InChI=1S/C14H12Cl2N4O4S/c1-2-24-12(21)5-8-7-25-14(18-8)19-17-6-9-10(15)3-4-11(13(9)16)20(22)23/h3-4,6-7H,2,5H2,1H3,(H,18,19). The summed E-state index contributed by atoms with van der Waals surface area (Å²) >= 11 is 13.2. The number of nitro groups is 1. The number of hydrogen-bond acceptors (Lipinski definition) is 8. The number of hydrogen-bond donors (Lipinski definition) is 1. The molecular weight excluding hydrogens is 391 g/mol. The van der Waals surface area contributed by atoms with Gasteiger partial charge in [-0.05, 0) is 13.0 Å². The van der Waals surface area contributed by atoms with Crippen molar-refractivity contribution in [3.8, 4) is 0 Å². The van der Waals surface area contributed by atoms with Crippen LogP contribution >= 0.6 is 34.5 Å². The number of nitrogens with one attached hydrogen (secondary N) is 1. The Labute approximate surface area is 156 Å². The lowest BCUT2D eigenvalue weighted by atomic mass is 10.2. The van der Waals surface area contributed by atoms with Crippen molar-refractivity contribution in [2.45, 2.75) is 13.3 Å². The number of nitro benzene ring substituents is 1. The van der Waals surface area contributed by atoms with Gasteiger partial charge in [0.25, 0.3) is 5.69 Å². The minimum Gasteiger partial charge on any atom is -0.466 e. The van der Waals surface area contributed by atoms with Crippen molar-refractivity contribution >= 4 is 57.5 Å². The van der Waals surface area contributed by atoms with Crippen LogP contribution in [-0.4, -0.2) is 28.7 Å². The average Bonchev–Trinajstić information content (AvgIpc) is 2.97. The van der Waals surface area contributed by atoms with Crippen LogP contribution in [0.25, 0.3) is 0 Å². The number of esters is 1. The van der Waals surface area contributed by atoms with Crippen molar-refractivity contribution in [1.82, 2.24) is 4.98 Å². The lowest BCUT2D eigenvalue weighted by Gasteiger charge is -2.02. The van der Waals surface area contributed by atoms with Crippen molar-refractivity contribution in [2.75, 3.05) is 12.0 Å². The topological polar surface area (TPSA) is 107 Å². The van der Waals surface area contributed by atoms with Crippen LogP contribution in [0.3, 0.4) is 0 Å². The Kier molecular flexibility index (Phi) is 6.68. The van der Waals surface area contributed by atoms with E-state index >= 15 is 0 Å². The fourth-order valence-electron chi connectivity index (χ4n) is 1.77. The molecule has 11 heteroatoms. The second-order valence-corrected chi connectivity index (χ2v) is 6.19. The molecule has 0 radical (unpaired) electrons. The van der Waals surface area contributed by atoms with Crippen LogP contribution in [0.1, 0.15) is 18.2 Å². The molecule has 1 N–H and O–H groups in total. The number of hydrazone groups is 1. The molecule has 0 aliphatic carbocycles. The van der Waals surface area contributed by atoms with Crippen molar-refractivity contribution in [2.24, 2.45) is 5.10 Å². The highest BCUT2D eigenvalue weighted by molar-refractivity contribution is 7.13. The summed E-state index contributed by atoms with van der Waals surface area (Å²) in [6.07, 6.45) is 1.34. The molecule has 0 unspecified atom stereocenters. The zero-order chi connectivity index (χ0) is 18.4. The van der Waals surface area contributed by atoms with E-state index in [0.29, 0.717) is 17.4 Å². The Bertz CT molecular complexity index is 825. The fraction of sp³-hybridized carbons (Fsp3) is 0.214. The summed E-state index contributed by atoms with van der Waals surface area (Å²) in [6, 6.07) is 2.59. The number of aromatic nitrogens is 1. The monoisotopic (exact) mass is 402 g/mol. The van der Waals surface area contributed by atoms with Gasteiger partial charge >= 0.3 is 5.97 Å². The van der Waals surface area contributed by atoms with Gasteiger partial charge in [-0.1, -0.05) is 23.2 Å². The van der Waals surface area contributed by atoms with E-state index < -0.39 is 4.92 Å². The van der Waals surface area contributed by atoms with Gasteiger partial charge in [-0.15, -0.1) is 11.3 Å². The quantitative estimate of drug-likeness (QED) is 0.325. The lowest BCUT2D eigenvalue weighted by molar-refractivity contribution is -0.384. The third-order valence-electron chi connectivity index (χ3n) is 2.84. The van der Waals surface area contributed by atoms with E-state index in [1.54, 1.807) is 12.3 Å². The lowest BCUT2D eigenvalue weighted by Crippen LogP contribution is -2.07. The maximum absolute atomic E-state index is 11.4. The number of halogens is 2. The molecule has 1 aromatic carbocycles. The molecule has 0 bridgehead atoms. The van der Waals surface area contributed by atoms with Gasteiger partial charge in [-0.2, -0.15) is 5.10 Å². The molecule has 0 amide bonds. The minimum absolute atomic E-state index is 0.0677. The van der Waals surface area contributed by atoms with Crippen LogP contribution < -0.4 is 5.43 Å². The van der Waals surface area contributed by atoms with Gasteiger partial charge in [-0.3, -0.25) is 20.3 Å². The number of benzene rings is 1. The number of ether oxygens (including phenoxy) is 1. The average molecular weight is 403 g/mol. The molecule has 0 saturated carbocycles. The molecule has 1 heterocycles. The van der Waals surface area contributed by atoms with Crippen LogP contribution in [-0.2, 0) is 16.0 Å². The molecule has 2 aromatic rings. The molecule has 25 heavy (non-hydrogen) atoms. The van der Waals surface area contributed by atoms with E-state index in [-0.39, 0.29) is 33.7 Å². The first-order chi connectivity index (χ1) is 11.9. The Morgan fingerprint density at radius 1 is 1.52 bits per heavy atom. The van der Waals surface area contributed by atoms with E-state index in [1.807, 2.05) is 0 Å². The van der Waals surface area contributed by atoms with Crippen molar-refractivity contribution in [1.29, 1.82) is 0 Å². The van der Waals surface area contributed by atoms with Crippen LogP contribution in [0.4, 0.5) is 10.8 Å². The summed E-state index contributed by atoms with van der Waals surface area (Å²) in [5.74, 6) is -0.363. The Hall–Kier alpha value is -2.23. The number of nitrogens with zero attached hydrogens (tertiary/aromatic N) is 3. The predicted octanol–water partition coefficient (Wildman–Crippen LogP) is 3.91. The normalized spacial score (nSPS) is 10.8. The van der Waals surface area contributed by atoms with Crippen LogP contribution in [0.2, 0.25) is 10.0 Å². The first kappa shape index (κ1) is 19.1. The number of rotatable bonds is 7. The van der Waals surface area contributed by atoms with Gasteiger partial charge in [0.2, 0.25) is 5.13 Å². The second kappa shape index (κ2) is 8.75. The van der Waals surface area contributed by atoms with E-state index in [2.05, 4.69) is 15.5 Å². The number of carbonyl (C=O) groups is 1. The summed E-state index contributed by atoms with van der Waals surface area (Å²) in [7, 11) is 0. The minimum atomic E-state index is -0.605. The molecule has 1 aromatic heterocycles. The highest BCUT2D eigenvalue weighted by Gasteiger charge is 2.17. The van der Waals surface area contributed by atoms with Gasteiger partial charge in [0, 0.05) is 17.0 Å². The molecule has 132 valence electrons. The van der Waals surface area contributed by atoms with Crippen LogP contribution in [0.15, 0.2) is 22.6 Å². The van der Waals surface area contributed by atoms with Gasteiger partial charge in [0.15, 0.2) is 0 Å². The maximum atomic E-state index is 11.4. The third kappa shape index (κ3) is 5.12. The van der Waals surface area contributed by atoms with Gasteiger partial charge in [-0.25, -0.2) is 4.98 Å². The summed E-state index contributed by atoms with van der Waals surface area (Å²) in [4.78, 5) is 25.8. The second-order valence-electron chi connectivity index (χ2n) is 4.55. The number of thiazole rings is 1. The van der Waals surface area contributed by atoms with E-state index in [0.717, 1.165) is 0 Å². The van der Waals surface area contributed by atoms with Crippen molar-refractivity contribution in [3.63, 3.8) is 0 Å². The molecule has 0 fully saturated rings. The van der Waals surface area contributed by atoms with Crippen molar-refractivity contribution in [3.05, 3.63) is 48.9 Å². The first-order valence-corrected chi connectivity index (χ1v) is 8.57. The summed E-state index contributed by atoms with van der Waals surface area (Å²) in [5.41, 5.74) is 3.16. The van der Waals surface area contributed by atoms with Gasteiger partial charge in [0.1, 0.15) is 5.02 Å². The smallest absolute Gasteiger partial charge is 0.311 e. The molecule has 2 rings (SSSR count). The molecule has 0 saturated heterocycles. The first-order valence-electron chi connectivity index (χ1n) is 6.93. The zero-order valence-electron chi connectivity index (χ0n) is 12.9. The van der Waals surface area contributed by atoms with Crippen LogP contribution in [0, 0.1) is 10.1 Å². The third-order valence-corrected chi connectivity index (χ3v) is 4.36. The van der Waals surface area contributed by atoms with Crippen LogP contribution in [0.5, 0.6) is 0 Å². The largest absolute Gasteiger partial charge is 0.466 e. The SMILES string of the molecule is CCOC(=O)Cc1csc(NN=Cc2c(Cl)ccc([N+](=O)[O-])c2Cl)n1. The fourth-order valence-corrected chi connectivity index (χ4v) is 2.96. The van der Waals surface area contributed by atoms with E-state index in [1.165, 1.54) is 29.7 Å². The predicted molar refractivity (Wildman–Crippen MR) is 96.8 cm³/mol. The van der Waals surface area contributed by atoms with Gasteiger partial charge < -0.3 is 4.74 Å². The maximum Gasteiger partial charge on any atom is 0.311 e.